The molecular weight excluding hydrogens is 249 g/mol. The molecule has 1 rings (SSSR count). The summed E-state index contributed by atoms with van der Waals surface area (Å²) in [6.45, 7) is 4.84. The van der Waals surface area contributed by atoms with Crippen LogP contribution in [0.25, 0.3) is 0 Å². The zero-order valence-electron chi connectivity index (χ0n) is 11.2. The van der Waals surface area contributed by atoms with Gasteiger partial charge in [0.05, 0.1) is 12.0 Å². The van der Waals surface area contributed by atoms with E-state index in [4.69, 9.17) is 5.11 Å². The molecule has 0 aliphatic rings. The lowest BCUT2D eigenvalue weighted by Gasteiger charge is -2.20. The van der Waals surface area contributed by atoms with Gasteiger partial charge in [0, 0.05) is 5.92 Å². The quantitative estimate of drug-likeness (QED) is 0.860. The molecule has 1 amide bonds. The number of hydrogen-bond donors (Lipinski definition) is 2. The number of halogens is 1. The Morgan fingerprint density at radius 1 is 1.11 bits per heavy atom. The number of rotatable bonds is 5. The van der Waals surface area contributed by atoms with Crippen LogP contribution in [0.3, 0.4) is 0 Å². The van der Waals surface area contributed by atoms with E-state index in [-0.39, 0.29) is 17.8 Å². The highest BCUT2D eigenvalue weighted by Gasteiger charge is 2.26. The van der Waals surface area contributed by atoms with Crippen molar-refractivity contribution < 1.29 is 19.1 Å². The van der Waals surface area contributed by atoms with E-state index in [1.807, 2.05) is 0 Å². The molecule has 2 unspecified atom stereocenters. The molecule has 0 saturated heterocycles. The highest BCUT2D eigenvalue weighted by atomic mass is 19.1. The van der Waals surface area contributed by atoms with Crippen LogP contribution in [-0.2, 0) is 9.59 Å². The summed E-state index contributed by atoms with van der Waals surface area (Å²) in [5.41, 5.74) is 0.768. The normalized spacial score (nSPS) is 15.4. The smallest absolute Gasteiger partial charge is 0.307 e. The Kier molecular flexibility index (Phi) is 5.03. The van der Waals surface area contributed by atoms with Crippen LogP contribution in [0.4, 0.5) is 4.39 Å². The van der Waals surface area contributed by atoms with Crippen LogP contribution in [0.15, 0.2) is 24.3 Å². The summed E-state index contributed by atoms with van der Waals surface area (Å²) < 4.78 is 12.8. The molecule has 0 spiro atoms. The number of carboxylic acids is 1. The van der Waals surface area contributed by atoms with E-state index in [9.17, 15) is 14.0 Å². The largest absolute Gasteiger partial charge is 0.481 e. The summed E-state index contributed by atoms with van der Waals surface area (Å²) in [5.74, 6) is -3.04. The summed E-state index contributed by atoms with van der Waals surface area (Å²) in [6.07, 6.45) is 0. The van der Waals surface area contributed by atoms with E-state index in [0.717, 1.165) is 5.56 Å². The molecule has 104 valence electrons. The van der Waals surface area contributed by atoms with Crippen LogP contribution < -0.4 is 5.32 Å². The van der Waals surface area contributed by atoms with Gasteiger partial charge in [0.25, 0.3) is 0 Å². The van der Waals surface area contributed by atoms with Crippen molar-refractivity contribution in [3.8, 4) is 0 Å². The second kappa shape index (κ2) is 6.31. The molecule has 3 atom stereocenters. The fourth-order valence-electron chi connectivity index (χ4n) is 1.62. The van der Waals surface area contributed by atoms with Crippen molar-refractivity contribution in [2.75, 3.05) is 0 Å². The van der Waals surface area contributed by atoms with Crippen molar-refractivity contribution >= 4 is 11.9 Å². The van der Waals surface area contributed by atoms with Gasteiger partial charge >= 0.3 is 5.97 Å². The third-order valence-electron chi connectivity index (χ3n) is 3.28. The fraction of sp³-hybridized carbons (Fsp3) is 0.429. The summed E-state index contributed by atoms with van der Waals surface area (Å²) in [5, 5.41) is 11.6. The molecule has 5 heteroatoms. The Morgan fingerprint density at radius 2 is 1.63 bits per heavy atom. The molecule has 0 aromatic heterocycles. The summed E-state index contributed by atoms with van der Waals surface area (Å²) >= 11 is 0. The SMILES string of the molecule is CC(C(=O)O)C(C)C(=O)N[C@@H](C)c1ccc(F)cc1. The first-order valence-electron chi connectivity index (χ1n) is 6.11. The minimum absolute atomic E-state index is 0.295. The summed E-state index contributed by atoms with van der Waals surface area (Å²) in [4.78, 5) is 22.7. The average molecular weight is 267 g/mol. The first-order valence-corrected chi connectivity index (χ1v) is 6.11. The Labute approximate surface area is 111 Å². The maximum Gasteiger partial charge on any atom is 0.307 e. The molecule has 1 aromatic rings. The van der Waals surface area contributed by atoms with Gasteiger partial charge in [-0.1, -0.05) is 26.0 Å². The van der Waals surface area contributed by atoms with E-state index >= 15 is 0 Å². The molecule has 0 saturated carbocycles. The maximum atomic E-state index is 12.8. The van der Waals surface area contributed by atoms with Gasteiger partial charge in [0.1, 0.15) is 5.82 Å². The van der Waals surface area contributed by atoms with Crippen molar-refractivity contribution in [1.82, 2.24) is 5.32 Å². The Balaban J connectivity index is 2.66. The Bertz CT molecular complexity index is 458. The van der Waals surface area contributed by atoms with Crippen LogP contribution in [0.1, 0.15) is 32.4 Å². The fourth-order valence-corrected chi connectivity index (χ4v) is 1.62. The third kappa shape index (κ3) is 4.05. The van der Waals surface area contributed by atoms with Crippen molar-refractivity contribution in [3.63, 3.8) is 0 Å². The third-order valence-corrected chi connectivity index (χ3v) is 3.28. The topological polar surface area (TPSA) is 66.4 Å². The highest BCUT2D eigenvalue weighted by molar-refractivity contribution is 5.84. The lowest BCUT2D eigenvalue weighted by atomic mass is 9.94. The number of nitrogens with one attached hydrogen (secondary N) is 1. The van der Waals surface area contributed by atoms with Crippen molar-refractivity contribution in [3.05, 3.63) is 35.6 Å². The van der Waals surface area contributed by atoms with Crippen LogP contribution in [0, 0.1) is 17.7 Å². The van der Waals surface area contributed by atoms with E-state index < -0.39 is 17.8 Å². The van der Waals surface area contributed by atoms with Gasteiger partial charge in [-0.05, 0) is 24.6 Å². The molecule has 0 bridgehead atoms. The molecule has 0 heterocycles. The molecule has 19 heavy (non-hydrogen) atoms. The predicted molar refractivity (Wildman–Crippen MR) is 68.9 cm³/mol. The van der Waals surface area contributed by atoms with Gasteiger partial charge in [-0.15, -0.1) is 0 Å². The van der Waals surface area contributed by atoms with E-state index in [0.29, 0.717) is 0 Å². The minimum atomic E-state index is -1.00. The molecule has 0 aliphatic carbocycles. The van der Waals surface area contributed by atoms with Gasteiger partial charge in [-0.25, -0.2) is 4.39 Å². The molecule has 2 N–H and O–H groups in total. The zero-order valence-corrected chi connectivity index (χ0v) is 11.2. The van der Waals surface area contributed by atoms with Crippen molar-refractivity contribution in [2.45, 2.75) is 26.8 Å². The zero-order chi connectivity index (χ0) is 14.6. The Morgan fingerprint density at radius 3 is 2.11 bits per heavy atom. The summed E-state index contributed by atoms with van der Waals surface area (Å²) in [6, 6.07) is 5.52. The van der Waals surface area contributed by atoms with Gasteiger partial charge in [0.15, 0.2) is 0 Å². The van der Waals surface area contributed by atoms with Gasteiger partial charge in [-0.2, -0.15) is 0 Å². The average Bonchev–Trinajstić information content (AvgIpc) is 2.37. The highest BCUT2D eigenvalue weighted by Crippen LogP contribution is 2.16. The monoisotopic (exact) mass is 267 g/mol. The lowest BCUT2D eigenvalue weighted by molar-refractivity contribution is -0.146. The molecule has 0 aliphatic heterocycles. The number of carbonyl (C=O) groups excluding carboxylic acids is 1. The molecular formula is C14H18FNO3. The maximum absolute atomic E-state index is 12.8. The number of hydrogen-bond acceptors (Lipinski definition) is 2. The predicted octanol–water partition coefficient (Wildman–Crippen LogP) is 2.36. The van der Waals surface area contributed by atoms with E-state index in [1.54, 1.807) is 26.0 Å². The van der Waals surface area contributed by atoms with Crippen molar-refractivity contribution in [1.29, 1.82) is 0 Å². The number of benzene rings is 1. The molecule has 0 radical (unpaired) electrons. The summed E-state index contributed by atoms with van der Waals surface area (Å²) in [7, 11) is 0. The Hall–Kier alpha value is -1.91. The first kappa shape index (κ1) is 15.1. The van der Waals surface area contributed by atoms with E-state index in [2.05, 4.69) is 5.32 Å². The number of amides is 1. The molecule has 4 nitrogen and oxygen atoms in total. The second-order valence-electron chi connectivity index (χ2n) is 4.70. The van der Waals surface area contributed by atoms with Crippen LogP contribution in [-0.4, -0.2) is 17.0 Å². The standard InChI is InChI=1S/C14H18FNO3/c1-8(9(2)14(18)19)13(17)16-10(3)11-4-6-12(15)7-5-11/h4-10H,1-3H3,(H,16,17)(H,18,19)/t8?,9?,10-/m0/s1. The van der Waals surface area contributed by atoms with Crippen LogP contribution in [0.2, 0.25) is 0 Å². The first-order chi connectivity index (χ1) is 8.82. The van der Waals surface area contributed by atoms with Crippen LogP contribution in [0.5, 0.6) is 0 Å². The minimum Gasteiger partial charge on any atom is -0.481 e. The molecule has 0 fully saturated rings. The van der Waals surface area contributed by atoms with Gasteiger partial charge < -0.3 is 10.4 Å². The second-order valence-corrected chi connectivity index (χ2v) is 4.70. The number of carbonyl (C=O) groups is 2. The lowest BCUT2D eigenvalue weighted by Crippen LogP contribution is -2.36. The number of aliphatic carboxylic acids is 1. The molecule has 1 aromatic carbocycles. The van der Waals surface area contributed by atoms with Crippen molar-refractivity contribution in [2.24, 2.45) is 11.8 Å². The van der Waals surface area contributed by atoms with Gasteiger partial charge in [-0.3, -0.25) is 9.59 Å². The van der Waals surface area contributed by atoms with E-state index in [1.165, 1.54) is 19.1 Å². The van der Waals surface area contributed by atoms with Gasteiger partial charge in [0.2, 0.25) is 5.91 Å². The number of carboxylic acid groups (broad SMARTS) is 1. The van der Waals surface area contributed by atoms with Crippen LogP contribution >= 0.6 is 0 Å².